The maximum Gasteiger partial charge on any atom is 0.275 e. The van der Waals surface area contributed by atoms with Gasteiger partial charge < -0.3 is 9.32 Å². The summed E-state index contributed by atoms with van der Waals surface area (Å²) in [6, 6.07) is 15.2. The van der Waals surface area contributed by atoms with Crippen molar-refractivity contribution < 1.29 is 14.0 Å². The molecule has 0 radical (unpaired) electrons. The van der Waals surface area contributed by atoms with E-state index in [1.807, 2.05) is 53.9 Å². The van der Waals surface area contributed by atoms with Gasteiger partial charge in [0.2, 0.25) is 0 Å². The molecule has 1 aromatic carbocycles. The number of amides is 2. The van der Waals surface area contributed by atoms with Crippen LogP contribution >= 0.6 is 11.3 Å². The van der Waals surface area contributed by atoms with Gasteiger partial charge in [0, 0.05) is 42.9 Å². The number of aromatic nitrogens is 2. The van der Waals surface area contributed by atoms with Crippen LogP contribution in [0, 0.1) is 0 Å². The van der Waals surface area contributed by atoms with E-state index in [9.17, 15) is 9.59 Å². The van der Waals surface area contributed by atoms with Crippen LogP contribution in [0.5, 0.6) is 0 Å². The highest BCUT2D eigenvalue weighted by atomic mass is 32.1. The van der Waals surface area contributed by atoms with Crippen LogP contribution in [0.25, 0.3) is 10.9 Å². The number of piperazine rings is 1. The number of hydrogen-bond acceptors (Lipinski definition) is 7. The van der Waals surface area contributed by atoms with E-state index in [1.54, 1.807) is 27.5 Å². The van der Waals surface area contributed by atoms with E-state index in [0.717, 1.165) is 21.5 Å². The number of aromatic amines is 1. The van der Waals surface area contributed by atoms with Crippen LogP contribution in [0.3, 0.4) is 0 Å². The third kappa shape index (κ3) is 4.15. The van der Waals surface area contributed by atoms with Gasteiger partial charge >= 0.3 is 0 Å². The Kier molecular flexibility index (Phi) is 5.67. The highest BCUT2D eigenvalue weighted by molar-refractivity contribution is 7.10. The average molecular weight is 489 g/mol. The average Bonchev–Trinajstić information content (AvgIpc) is 3.69. The van der Waals surface area contributed by atoms with E-state index in [4.69, 9.17) is 4.42 Å². The van der Waals surface area contributed by atoms with Crippen molar-refractivity contribution in [3.05, 3.63) is 76.5 Å². The molecule has 9 nitrogen and oxygen atoms in total. The molecule has 1 atom stereocenters. The van der Waals surface area contributed by atoms with Crippen molar-refractivity contribution >= 4 is 39.8 Å². The Morgan fingerprint density at radius 3 is 2.69 bits per heavy atom. The minimum atomic E-state index is -0.126. The molecule has 5 heterocycles. The fourth-order valence-corrected chi connectivity index (χ4v) is 5.50. The molecule has 6 rings (SSSR count). The number of thiophene rings is 1. The molecule has 1 fully saturated rings. The first-order chi connectivity index (χ1) is 17.2. The number of rotatable bonds is 5. The zero-order valence-corrected chi connectivity index (χ0v) is 19.8. The van der Waals surface area contributed by atoms with Crippen LogP contribution in [0.1, 0.15) is 33.6 Å². The van der Waals surface area contributed by atoms with Gasteiger partial charge in [0.1, 0.15) is 11.5 Å². The van der Waals surface area contributed by atoms with E-state index in [-0.39, 0.29) is 24.4 Å². The summed E-state index contributed by atoms with van der Waals surface area (Å²) < 4.78 is 5.53. The number of H-pyrrole nitrogens is 1. The lowest BCUT2D eigenvalue weighted by Gasteiger charge is -2.34. The molecule has 178 valence electrons. The van der Waals surface area contributed by atoms with Crippen molar-refractivity contribution in [2.75, 3.05) is 32.7 Å². The second-order valence-corrected chi connectivity index (χ2v) is 9.66. The number of nitrogens with zero attached hydrogens (tertiary/aromatic N) is 5. The molecule has 2 aliphatic rings. The number of furan rings is 1. The molecule has 0 aliphatic carbocycles. The Morgan fingerprint density at radius 2 is 1.91 bits per heavy atom. The topological polar surface area (TPSA) is 98.0 Å². The van der Waals surface area contributed by atoms with E-state index < -0.39 is 0 Å². The van der Waals surface area contributed by atoms with Gasteiger partial charge in [-0.15, -0.1) is 11.3 Å². The predicted molar refractivity (Wildman–Crippen MR) is 132 cm³/mol. The lowest BCUT2D eigenvalue weighted by Crippen LogP contribution is -2.51. The summed E-state index contributed by atoms with van der Waals surface area (Å²) in [5.41, 5.74) is 2.07. The van der Waals surface area contributed by atoms with Crippen molar-refractivity contribution in [3.63, 3.8) is 0 Å². The van der Waals surface area contributed by atoms with Gasteiger partial charge in [0.15, 0.2) is 5.69 Å². The van der Waals surface area contributed by atoms with E-state index in [2.05, 4.69) is 20.2 Å². The van der Waals surface area contributed by atoms with Crippen LogP contribution in [0.15, 0.2) is 69.7 Å². The first-order valence-electron chi connectivity index (χ1n) is 11.6. The van der Waals surface area contributed by atoms with Crippen LogP contribution in [0.4, 0.5) is 0 Å². The summed E-state index contributed by atoms with van der Waals surface area (Å²) in [7, 11) is 0. The Labute approximate surface area is 205 Å². The minimum absolute atomic E-state index is 0.0528. The van der Waals surface area contributed by atoms with Crippen molar-refractivity contribution in [3.8, 4) is 0 Å². The Balaban J connectivity index is 1.11. The van der Waals surface area contributed by atoms with Gasteiger partial charge in [-0.3, -0.25) is 19.6 Å². The number of fused-ring (bicyclic) bond motifs is 1. The van der Waals surface area contributed by atoms with Crippen molar-refractivity contribution in [1.29, 1.82) is 0 Å². The first-order valence-corrected chi connectivity index (χ1v) is 12.5. The summed E-state index contributed by atoms with van der Waals surface area (Å²) in [5.74, 6) is 0.557. The predicted octanol–water partition coefficient (Wildman–Crippen LogP) is 3.35. The van der Waals surface area contributed by atoms with Crippen LogP contribution in [-0.4, -0.2) is 75.3 Å². The molecule has 1 saturated heterocycles. The highest BCUT2D eigenvalue weighted by Crippen LogP contribution is 2.35. The standard InChI is InChI=1S/C25H24N6O3S/c32-23(31-20(22-8-4-14-35-22)15-19(28-31)21-7-3-13-34-21)16-29-9-11-30(12-10-29)25(33)24-17-5-1-2-6-18(17)26-27-24/h1-8,13-14,20H,9-12,15-16H2,(H,26,27). The highest BCUT2D eigenvalue weighted by Gasteiger charge is 2.36. The summed E-state index contributed by atoms with van der Waals surface area (Å²) >= 11 is 1.63. The summed E-state index contributed by atoms with van der Waals surface area (Å²) in [6.07, 6.45) is 2.24. The Bertz CT molecular complexity index is 1370. The second-order valence-electron chi connectivity index (χ2n) is 8.68. The lowest BCUT2D eigenvalue weighted by molar-refractivity contribution is -0.134. The van der Waals surface area contributed by atoms with Gasteiger partial charge in [-0.2, -0.15) is 10.2 Å². The van der Waals surface area contributed by atoms with Gasteiger partial charge in [-0.05, 0) is 29.6 Å². The molecule has 4 aromatic rings. The third-order valence-electron chi connectivity index (χ3n) is 6.53. The maximum absolute atomic E-state index is 13.3. The van der Waals surface area contributed by atoms with Crippen molar-refractivity contribution in [1.82, 2.24) is 25.0 Å². The molecule has 0 spiro atoms. The number of para-hydroxylation sites is 1. The van der Waals surface area contributed by atoms with Crippen LogP contribution in [0.2, 0.25) is 0 Å². The largest absolute Gasteiger partial charge is 0.463 e. The second kappa shape index (κ2) is 9.12. The molecule has 0 bridgehead atoms. The van der Waals surface area contributed by atoms with Gasteiger partial charge in [0.05, 0.1) is 24.4 Å². The number of benzene rings is 1. The quantitative estimate of drug-likeness (QED) is 0.465. The fourth-order valence-electron chi connectivity index (χ4n) is 4.68. The molecule has 2 amide bonds. The first kappa shape index (κ1) is 21.8. The summed E-state index contributed by atoms with van der Waals surface area (Å²) in [5, 5.41) is 16.3. The van der Waals surface area contributed by atoms with Crippen molar-refractivity contribution in [2.45, 2.75) is 12.5 Å². The lowest BCUT2D eigenvalue weighted by atomic mass is 10.1. The van der Waals surface area contributed by atoms with Crippen molar-refractivity contribution in [2.24, 2.45) is 5.10 Å². The zero-order valence-electron chi connectivity index (χ0n) is 19.0. The molecule has 35 heavy (non-hydrogen) atoms. The third-order valence-corrected chi connectivity index (χ3v) is 7.51. The van der Waals surface area contributed by atoms with Gasteiger partial charge in [-0.25, -0.2) is 5.01 Å². The molecule has 10 heteroatoms. The van der Waals surface area contributed by atoms with E-state index >= 15 is 0 Å². The number of carbonyl (C=O) groups is 2. The monoisotopic (exact) mass is 488 g/mol. The normalized spacial score (nSPS) is 18.9. The molecule has 3 aromatic heterocycles. The van der Waals surface area contributed by atoms with E-state index in [1.165, 1.54) is 0 Å². The smallest absolute Gasteiger partial charge is 0.275 e. The summed E-state index contributed by atoms with van der Waals surface area (Å²) in [4.78, 5) is 31.4. The number of hydrazone groups is 1. The minimum Gasteiger partial charge on any atom is -0.463 e. The fraction of sp³-hybridized carbons (Fsp3) is 0.280. The number of carbonyl (C=O) groups excluding carboxylic acids is 2. The Morgan fingerprint density at radius 1 is 1.06 bits per heavy atom. The molecule has 1 unspecified atom stereocenters. The summed E-state index contributed by atoms with van der Waals surface area (Å²) in [6.45, 7) is 2.58. The molecule has 2 aliphatic heterocycles. The number of nitrogens with one attached hydrogen (secondary N) is 1. The molecule has 0 saturated carbocycles. The number of hydrogen-bond donors (Lipinski definition) is 1. The SMILES string of the molecule is O=C(c1n[nH]c2ccccc12)N1CCN(CC(=O)N2N=C(c3ccco3)CC2c2cccs2)CC1. The molecule has 1 N–H and O–H groups in total. The van der Waals surface area contributed by atoms with Gasteiger partial charge in [-0.1, -0.05) is 24.3 Å². The maximum atomic E-state index is 13.3. The van der Waals surface area contributed by atoms with Crippen LogP contribution < -0.4 is 0 Å². The molecular formula is C25H24N6O3S. The zero-order chi connectivity index (χ0) is 23.8. The van der Waals surface area contributed by atoms with E-state index in [0.29, 0.717) is 44.1 Å². The Hall–Kier alpha value is -3.76. The van der Waals surface area contributed by atoms with Gasteiger partial charge in [0.25, 0.3) is 11.8 Å². The molecular weight excluding hydrogens is 464 g/mol. The van der Waals surface area contributed by atoms with Crippen LogP contribution in [-0.2, 0) is 4.79 Å².